The number of rotatable bonds is 6. The number of unbranched alkanes of at least 4 members (excludes halogenated alkanes) is 1. The molecule has 146 valence electrons. The number of amides is 1. The van der Waals surface area contributed by atoms with Crippen molar-refractivity contribution in [1.82, 2.24) is 14.9 Å². The Labute approximate surface area is 165 Å². The molecular formula is C23H27N3O2. The first-order valence-corrected chi connectivity index (χ1v) is 10.2. The van der Waals surface area contributed by atoms with Crippen molar-refractivity contribution in [2.75, 3.05) is 19.7 Å². The number of hydrogen-bond donors (Lipinski definition) is 1. The van der Waals surface area contributed by atoms with Gasteiger partial charge in [0.1, 0.15) is 11.6 Å². The van der Waals surface area contributed by atoms with Gasteiger partial charge in [-0.05, 0) is 55.7 Å². The van der Waals surface area contributed by atoms with Crippen molar-refractivity contribution in [3.8, 4) is 5.75 Å². The standard InChI is InChI=1S/C23H27N3O2/c1-2-3-16-28-19-10-8-18(9-11-19)23(27)26-14-12-17(13-15-26)22-24-20-6-4-5-7-21(20)25-22/h4-11,17H,2-3,12-16H2,1H3,(H,24,25). The molecule has 0 atom stereocenters. The lowest BCUT2D eigenvalue weighted by Gasteiger charge is -2.31. The van der Waals surface area contributed by atoms with Crippen LogP contribution >= 0.6 is 0 Å². The Morgan fingerprint density at radius 1 is 1.14 bits per heavy atom. The largest absolute Gasteiger partial charge is 0.494 e. The third-order valence-electron chi connectivity index (χ3n) is 5.44. The lowest BCUT2D eigenvalue weighted by molar-refractivity contribution is 0.0711. The molecule has 5 nitrogen and oxygen atoms in total. The molecule has 4 rings (SSSR count). The monoisotopic (exact) mass is 377 g/mol. The zero-order valence-electron chi connectivity index (χ0n) is 16.4. The Balaban J connectivity index is 1.34. The number of nitrogens with zero attached hydrogens (tertiary/aromatic N) is 2. The molecule has 1 aromatic heterocycles. The van der Waals surface area contributed by atoms with E-state index in [0.29, 0.717) is 5.92 Å². The first kappa shape index (κ1) is 18.5. The van der Waals surface area contributed by atoms with E-state index in [0.717, 1.165) is 73.6 Å². The van der Waals surface area contributed by atoms with E-state index in [9.17, 15) is 4.79 Å². The number of fused-ring (bicyclic) bond motifs is 1. The minimum Gasteiger partial charge on any atom is -0.494 e. The third-order valence-corrected chi connectivity index (χ3v) is 5.44. The highest BCUT2D eigenvalue weighted by atomic mass is 16.5. The molecule has 1 fully saturated rings. The lowest BCUT2D eigenvalue weighted by atomic mass is 9.95. The number of hydrogen-bond acceptors (Lipinski definition) is 3. The molecule has 0 spiro atoms. The highest BCUT2D eigenvalue weighted by molar-refractivity contribution is 5.94. The van der Waals surface area contributed by atoms with E-state index in [2.05, 4.69) is 18.0 Å². The number of benzene rings is 2. The maximum atomic E-state index is 12.8. The van der Waals surface area contributed by atoms with Crippen LogP contribution in [0.3, 0.4) is 0 Å². The number of aromatic nitrogens is 2. The Hall–Kier alpha value is -2.82. The van der Waals surface area contributed by atoms with Gasteiger partial charge in [0.05, 0.1) is 17.6 Å². The van der Waals surface area contributed by atoms with Crippen LogP contribution in [-0.2, 0) is 0 Å². The fraction of sp³-hybridized carbons (Fsp3) is 0.391. The summed E-state index contributed by atoms with van der Waals surface area (Å²) in [4.78, 5) is 22.9. The van der Waals surface area contributed by atoms with Gasteiger partial charge in [0.15, 0.2) is 0 Å². The van der Waals surface area contributed by atoms with E-state index in [-0.39, 0.29) is 5.91 Å². The van der Waals surface area contributed by atoms with Crippen molar-refractivity contribution < 1.29 is 9.53 Å². The zero-order valence-corrected chi connectivity index (χ0v) is 16.4. The normalized spacial score (nSPS) is 15.1. The van der Waals surface area contributed by atoms with E-state index in [4.69, 9.17) is 9.72 Å². The highest BCUT2D eigenvalue weighted by Crippen LogP contribution is 2.28. The predicted octanol–water partition coefficient (Wildman–Crippen LogP) is 4.76. The number of ether oxygens (including phenoxy) is 1. The van der Waals surface area contributed by atoms with Gasteiger partial charge in [-0.25, -0.2) is 4.98 Å². The zero-order chi connectivity index (χ0) is 19.3. The molecule has 0 aliphatic carbocycles. The van der Waals surface area contributed by atoms with Crippen LogP contribution in [0.1, 0.15) is 54.7 Å². The van der Waals surface area contributed by atoms with Crippen LogP contribution in [0.5, 0.6) is 5.75 Å². The molecule has 1 amide bonds. The van der Waals surface area contributed by atoms with Gasteiger partial charge in [0, 0.05) is 24.6 Å². The van der Waals surface area contributed by atoms with E-state index in [1.807, 2.05) is 47.4 Å². The van der Waals surface area contributed by atoms with Crippen molar-refractivity contribution in [2.45, 2.75) is 38.5 Å². The van der Waals surface area contributed by atoms with Gasteiger partial charge in [0.25, 0.3) is 5.91 Å². The quantitative estimate of drug-likeness (QED) is 0.630. The van der Waals surface area contributed by atoms with Crippen molar-refractivity contribution in [3.05, 3.63) is 59.9 Å². The Morgan fingerprint density at radius 3 is 2.61 bits per heavy atom. The summed E-state index contributed by atoms with van der Waals surface area (Å²) >= 11 is 0. The molecule has 1 aliphatic heterocycles. The van der Waals surface area contributed by atoms with Crippen LogP contribution < -0.4 is 4.74 Å². The van der Waals surface area contributed by atoms with E-state index < -0.39 is 0 Å². The number of piperidine rings is 1. The maximum Gasteiger partial charge on any atom is 0.253 e. The predicted molar refractivity (Wildman–Crippen MR) is 111 cm³/mol. The van der Waals surface area contributed by atoms with Crippen LogP contribution in [0.25, 0.3) is 11.0 Å². The maximum absolute atomic E-state index is 12.8. The molecule has 1 N–H and O–H groups in total. The molecule has 0 saturated carbocycles. The fourth-order valence-corrected chi connectivity index (χ4v) is 3.73. The van der Waals surface area contributed by atoms with Gasteiger partial charge in [-0.2, -0.15) is 0 Å². The second kappa shape index (κ2) is 8.46. The molecule has 28 heavy (non-hydrogen) atoms. The van der Waals surface area contributed by atoms with E-state index in [1.165, 1.54) is 0 Å². The molecule has 1 saturated heterocycles. The van der Waals surface area contributed by atoms with Crippen LogP contribution in [0.15, 0.2) is 48.5 Å². The smallest absolute Gasteiger partial charge is 0.253 e. The number of aromatic amines is 1. The van der Waals surface area contributed by atoms with Gasteiger partial charge in [-0.1, -0.05) is 25.5 Å². The van der Waals surface area contributed by atoms with Crippen molar-refractivity contribution >= 4 is 16.9 Å². The van der Waals surface area contributed by atoms with E-state index >= 15 is 0 Å². The second-order valence-corrected chi connectivity index (χ2v) is 7.43. The first-order valence-electron chi connectivity index (χ1n) is 10.2. The molecule has 2 heterocycles. The SMILES string of the molecule is CCCCOc1ccc(C(=O)N2CCC(c3nc4ccccc4[nH]3)CC2)cc1. The first-order chi connectivity index (χ1) is 13.7. The minimum absolute atomic E-state index is 0.100. The summed E-state index contributed by atoms with van der Waals surface area (Å²) in [7, 11) is 0. The summed E-state index contributed by atoms with van der Waals surface area (Å²) < 4.78 is 5.68. The van der Waals surface area contributed by atoms with E-state index in [1.54, 1.807) is 0 Å². The Kier molecular flexibility index (Phi) is 5.60. The summed E-state index contributed by atoms with van der Waals surface area (Å²) in [5, 5.41) is 0. The molecule has 0 radical (unpaired) electrons. The Bertz CT molecular complexity index is 891. The van der Waals surface area contributed by atoms with Crippen molar-refractivity contribution in [2.24, 2.45) is 0 Å². The van der Waals surface area contributed by atoms with Crippen LogP contribution in [0, 0.1) is 0 Å². The average Bonchev–Trinajstić information content (AvgIpc) is 3.18. The molecular weight excluding hydrogens is 350 g/mol. The summed E-state index contributed by atoms with van der Waals surface area (Å²) in [5.41, 5.74) is 2.82. The molecule has 2 aromatic carbocycles. The number of carbonyl (C=O) groups excluding carboxylic acids is 1. The van der Waals surface area contributed by atoms with Crippen LogP contribution in [-0.4, -0.2) is 40.5 Å². The summed E-state index contributed by atoms with van der Waals surface area (Å²) in [6.45, 7) is 4.38. The highest BCUT2D eigenvalue weighted by Gasteiger charge is 2.26. The molecule has 0 bridgehead atoms. The van der Waals surface area contributed by atoms with Crippen molar-refractivity contribution in [3.63, 3.8) is 0 Å². The molecule has 1 aliphatic rings. The summed E-state index contributed by atoms with van der Waals surface area (Å²) in [6, 6.07) is 15.6. The van der Waals surface area contributed by atoms with Crippen LogP contribution in [0.2, 0.25) is 0 Å². The van der Waals surface area contributed by atoms with Crippen molar-refractivity contribution in [1.29, 1.82) is 0 Å². The number of para-hydroxylation sites is 2. The molecule has 0 unspecified atom stereocenters. The van der Waals surface area contributed by atoms with Gasteiger partial charge in [-0.15, -0.1) is 0 Å². The minimum atomic E-state index is 0.100. The fourth-order valence-electron chi connectivity index (χ4n) is 3.73. The molecule has 3 aromatic rings. The number of imidazole rings is 1. The van der Waals surface area contributed by atoms with Gasteiger partial charge in [0.2, 0.25) is 0 Å². The number of carbonyl (C=O) groups is 1. The van der Waals surface area contributed by atoms with Gasteiger partial charge < -0.3 is 14.6 Å². The molecule has 5 heteroatoms. The Morgan fingerprint density at radius 2 is 1.89 bits per heavy atom. The van der Waals surface area contributed by atoms with Gasteiger partial charge in [-0.3, -0.25) is 4.79 Å². The van der Waals surface area contributed by atoms with Gasteiger partial charge >= 0.3 is 0 Å². The number of nitrogens with one attached hydrogen (secondary N) is 1. The summed E-state index contributed by atoms with van der Waals surface area (Å²) in [5.74, 6) is 2.35. The number of likely N-dealkylation sites (tertiary alicyclic amines) is 1. The third kappa shape index (κ3) is 4.03. The van der Waals surface area contributed by atoms with Crippen LogP contribution in [0.4, 0.5) is 0 Å². The summed E-state index contributed by atoms with van der Waals surface area (Å²) in [6.07, 6.45) is 4.02. The topological polar surface area (TPSA) is 58.2 Å². The average molecular weight is 377 g/mol. The lowest BCUT2D eigenvalue weighted by Crippen LogP contribution is -2.38. The second-order valence-electron chi connectivity index (χ2n) is 7.43. The number of H-pyrrole nitrogens is 1.